The first kappa shape index (κ1) is 22.3. The van der Waals surface area contributed by atoms with Crippen molar-refractivity contribution in [2.75, 3.05) is 18.9 Å². The third-order valence-electron chi connectivity index (χ3n) is 5.98. The van der Waals surface area contributed by atoms with E-state index in [-0.39, 0.29) is 18.2 Å². The van der Waals surface area contributed by atoms with Crippen molar-refractivity contribution >= 4 is 39.0 Å². The van der Waals surface area contributed by atoms with Gasteiger partial charge < -0.3 is 16.4 Å². The molecule has 174 valence electrons. The highest BCUT2D eigenvalue weighted by Gasteiger charge is 2.17. The first-order valence-electron chi connectivity index (χ1n) is 11.4. The highest BCUT2D eigenvalue weighted by molar-refractivity contribution is 6.08. The topological polar surface area (TPSA) is 102 Å². The summed E-state index contributed by atoms with van der Waals surface area (Å²) in [6.45, 7) is 0.296. The third kappa shape index (κ3) is 4.37. The second-order valence-corrected chi connectivity index (χ2v) is 8.26. The molecule has 0 fully saturated rings. The van der Waals surface area contributed by atoms with Crippen molar-refractivity contribution < 1.29 is 9.59 Å². The Hall–Kier alpha value is -4.49. The summed E-state index contributed by atoms with van der Waals surface area (Å²) >= 11 is 0. The number of hydrogen-bond acceptors (Lipinski definition) is 4. The molecule has 0 aliphatic carbocycles. The van der Waals surface area contributed by atoms with Crippen LogP contribution in [-0.2, 0) is 4.79 Å². The molecular formula is C28H25N5O2. The molecule has 1 heterocycles. The number of nitrogens with one attached hydrogen (secondary N) is 2. The Labute approximate surface area is 202 Å². The molecule has 1 aromatic heterocycles. The fraction of sp³-hybridized carbons (Fsp3) is 0.107. The van der Waals surface area contributed by atoms with Gasteiger partial charge in [0.05, 0.1) is 11.4 Å². The molecule has 0 saturated carbocycles. The molecule has 0 atom stereocenters. The van der Waals surface area contributed by atoms with Crippen molar-refractivity contribution in [2.45, 2.75) is 6.42 Å². The van der Waals surface area contributed by atoms with Crippen molar-refractivity contribution in [1.29, 1.82) is 0 Å². The lowest BCUT2D eigenvalue weighted by Gasteiger charge is -2.11. The molecule has 5 rings (SSSR count). The summed E-state index contributed by atoms with van der Waals surface area (Å²) in [6, 6.07) is 27.9. The maximum atomic E-state index is 12.4. The quantitative estimate of drug-likeness (QED) is 0.323. The number of carbonyl (C=O) groups is 2. The molecule has 0 aliphatic rings. The van der Waals surface area contributed by atoms with E-state index in [1.165, 1.54) is 10.8 Å². The minimum atomic E-state index is -0.262. The van der Waals surface area contributed by atoms with Gasteiger partial charge in [0.25, 0.3) is 5.91 Å². The Morgan fingerprint density at radius 2 is 1.60 bits per heavy atom. The van der Waals surface area contributed by atoms with Gasteiger partial charge in [0.2, 0.25) is 5.91 Å². The van der Waals surface area contributed by atoms with Crippen LogP contribution in [0.15, 0.2) is 84.9 Å². The van der Waals surface area contributed by atoms with Gasteiger partial charge in [-0.3, -0.25) is 9.59 Å². The summed E-state index contributed by atoms with van der Waals surface area (Å²) in [5.74, 6) is -0.396. The highest BCUT2D eigenvalue weighted by Crippen LogP contribution is 2.31. The van der Waals surface area contributed by atoms with Crippen LogP contribution in [0.3, 0.4) is 0 Å². The Morgan fingerprint density at radius 1 is 0.886 bits per heavy atom. The van der Waals surface area contributed by atoms with E-state index in [4.69, 9.17) is 5.73 Å². The minimum Gasteiger partial charge on any atom is -0.354 e. The summed E-state index contributed by atoms with van der Waals surface area (Å²) in [5.41, 5.74) is 8.94. The zero-order chi connectivity index (χ0) is 24.4. The predicted octanol–water partition coefficient (Wildman–Crippen LogP) is 4.49. The van der Waals surface area contributed by atoms with Gasteiger partial charge in [-0.25, -0.2) is 4.68 Å². The lowest BCUT2D eigenvalue weighted by Crippen LogP contribution is -2.18. The zero-order valence-electron chi connectivity index (χ0n) is 19.3. The van der Waals surface area contributed by atoms with E-state index in [0.29, 0.717) is 17.9 Å². The van der Waals surface area contributed by atoms with Crippen molar-refractivity contribution in [1.82, 2.24) is 15.1 Å². The van der Waals surface area contributed by atoms with Crippen LogP contribution < -0.4 is 16.4 Å². The second kappa shape index (κ2) is 9.40. The number of carbonyl (C=O) groups excluding carboxylic acids is 2. The highest BCUT2D eigenvalue weighted by atomic mass is 16.2. The van der Waals surface area contributed by atoms with Gasteiger partial charge in [-0.15, -0.1) is 0 Å². The number of anilines is 1. The average molecular weight is 464 g/mol. The summed E-state index contributed by atoms with van der Waals surface area (Å²) in [5, 5.41) is 14.7. The molecule has 0 spiro atoms. The largest absolute Gasteiger partial charge is 0.354 e. The molecule has 4 aromatic carbocycles. The molecular weight excluding hydrogens is 438 g/mol. The molecule has 7 heteroatoms. The lowest BCUT2D eigenvalue weighted by atomic mass is 9.99. The number of rotatable bonds is 6. The monoisotopic (exact) mass is 463 g/mol. The second-order valence-electron chi connectivity index (χ2n) is 8.26. The maximum Gasteiger partial charge on any atom is 0.271 e. The van der Waals surface area contributed by atoms with Crippen molar-refractivity contribution in [3.63, 3.8) is 0 Å². The van der Waals surface area contributed by atoms with Crippen molar-refractivity contribution in [2.24, 2.45) is 5.73 Å². The molecule has 5 aromatic rings. The number of hydrogen-bond donors (Lipinski definition) is 3. The SMILES string of the molecule is CNC(=O)c1cc(-c2ccc3ccc4ccccc4c3c2)n(-c2ccc(NC(=O)CCN)cc2)n1. The van der Waals surface area contributed by atoms with Gasteiger partial charge in [0, 0.05) is 31.3 Å². The van der Waals surface area contributed by atoms with Gasteiger partial charge in [-0.1, -0.05) is 48.5 Å². The fourth-order valence-corrected chi connectivity index (χ4v) is 4.22. The average Bonchev–Trinajstić information content (AvgIpc) is 3.34. The van der Waals surface area contributed by atoms with E-state index >= 15 is 0 Å². The van der Waals surface area contributed by atoms with Crippen molar-refractivity contribution in [3.8, 4) is 16.9 Å². The van der Waals surface area contributed by atoms with Gasteiger partial charge in [0.1, 0.15) is 0 Å². The van der Waals surface area contributed by atoms with E-state index in [2.05, 4.69) is 52.1 Å². The fourth-order valence-electron chi connectivity index (χ4n) is 4.22. The van der Waals surface area contributed by atoms with E-state index in [1.54, 1.807) is 17.8 Å². The van der Waals surface area contributed by atoms with E-state index < -0.39 is 0 Å². The molecule has 7 nitrogen and oxygen atoms in total. The molecule has 35 heavy (non-hydrogen) atoms. The molecule has 0 radical (unpaired) electrons. The van der Waals surface area contributed by atoms with Gasteiger partial charge in [0.15, 0.2) is 5.69 Å². The maximum absolute atomic E-state index is 12.4. The molecule has 0 bridgehead atoms. The Balaban J connectivity index is 1.61. The molecule has 0 aliphatic heterocycles. The van der Waals surface area contributed by atoms with Crippen LogP contribution in [0.1, 0.15) is 16.9 Å². The molecule has 4 N–H and O–H groups in total. The Morgan fingerprint density at radius 3 is 2.34 bits per heavy atom. The number of amides is 2. The van der Waals surface area contributed by atoms with Crippen LogP contribution in [0.5, 0.6) is 0 Å². The van der Waals surface area contributed by atoms with Crippen molar-refractivity contribution in [3.05, 3.63) is 90.6 Å². The minimum absolute atomic E-state index is 0.134. The van der Waals surface area contributed by atoms with E-state index in [1.807, 2.05) is 42.5 Å². The Kier molecular flexibility index (Phi) is 5.99. The lowest BCUT2D eigenvalue weighted by molar-refractivity contribution is -0.116. The molecule has 2 amide bonds. The molecule has 0 unspecified atom stereocenters. The summed E-state index contributed by atoms with van der Waals surface area (Å²) in [7, 11) is 1.59. The predicted molar refractivity (Wildman–Crippen MR) is 140 cm³/mol. The number of benzene rings is 4. The number of aromatic nitrogens is 2. The van der Waals surface area contributed by atoms with Gasteiger partial charge in [-0.2, -0.15) is 5.10 Å². The first-order valence-corrected chi connectivity index (χ1v) is 11.4. The van der Waals surface area contributed by atoms with Crippen LogP contribution in [0.25, 0.3) is 38.5 Å². The van der Waals surface area contributed by atoms with E-state index in [9.17, 15) is 9.59 Å². The van der Waals surface area contributed by atoms with Crippen LogP contribution in [0, 0.1) is 0 Å². The van der Waals surface area contributed by atoms with Crippen LogP contribution >= 0.6 is 0 Å². The van der Waals surface area contributed by atoms with Crippen LogP contribution in [0.4, 0.5) is 5.69 Å². The third-order valence-corrected chi connectivity index (χ3v) is 5.98. The smallest absolute Gasteiger partial charge is 0.271 e. The van der Waals surface area contributed by atoms with Gasteiger partial charge >= 0.3 is 0 Å². The van der Waals surface area contributed by atoms with E-state index in [0.717, 1.165) is 27.7 Å². The normalized spacial score (nSPS) is 11.0. The number of nitrogens with two attached hydrogens (primary N) is 1. The number of fused-ring (bicyclic) bond motifs is 3. The summed E-state index contributed by atoms with van der Waals surface area (Å²) < 4.78 is 1.75. The molecule has 0 saturated heterocycles. The van der Waals surface area contributed by atoms with Crippen LogP contribution in [-0.4, -0.2) is 35.2 Å². The van der Waals surface area contributed by atoms with Gasteiger partial charge in [-0.05, 0) is 57.9 Å². The number of nitrogens with zero attached hydrogens (tertiary/aromatic N) is 2. The standard InChI is InChI=1S/C28H25N5O2/c1-30-28(35)25-17-26(33(32-25)22-12-10-21(11-13-22)31-27(34)14-15-29)20-9-8-19-7-6-18-4-2-3-5-23(18)24(19)16-20/h2-13,16-17H,14-15,29H2,1H3,(H,30,35)(H,31,34). The summed E-state index contributed by atoms with van der Waals surface area (Å²) in [4.78, 5) is 24.3. The zero-order valence-corrected chi connectivity index (χ0v) is 19.3. The Bertz CT molecular complexity index is 1550. The summed E-state index contributed by atoms with van der Waals surface area (Å²) in [6.07, 6.45) is 0.261. The van der Waals surface area contributed by atoms with Crippen LogP contribution in [0.2, 0.25) is 0 Å². The first-order chi connectivity index (χ1) is 17.1.